The minimum Gasteiger partial charge on any atom is -0.355 e. The summed E-state index contributed by atoms with van der Waals surface area (Å²) in [6, 6.07) is 43.2. The Balaban J connectivity index is 1.32. The maximum absolute atomic E-state index is 5.12. The molecule has 0 saturated heterocycles. The van der Waals surface area contributed by atoms with Crippen LogP contribution in [0.15, 0.2) is 134 Å². The van der Waals surface area contributed by atoms with E-state index in [4.69, 9.17) is 9.97 Å². The van der Waals surface area contributed by atoms with Crippen molar-refractivity contribution in [1.82, 2.24) is 29.1 Å². The van der Waals surface area contributed by atoms with Crippen LogP contribution in [-0.2, 0) is 0 Å². The molecule has 46 heavy (non-hydrogen) atoms. The van der Waals surface area contributed by atoms with Crippen LogP contribution in [0.2, 0.25) is 0 Å². The molecule has 6 nitrogen and oxygen atoms in total. The Kier molecular flexibility index (Phi) is 4.49. The van der Waals surface area contributed by atoms with Crippen molar-refractivity contribution in [3.05, 3.63) is 134 Å². The monoisotopic (exact) mass is 588 g/mol. The van der Waals surface area contributed by atoms with Gasteiger partial charge in [-0.1, -0.05) is 54.6 Å². The van der Waals surface area contributed by atoms with Crippen LogP contribution in [0.25, 0.3) is 98.9 Å². The molecular weight excluding hydrogens is 564 g/mol. The Morgan fingerprint density at radius 3 is 1.67 bits per heavy atom. The van der Waals surface area contributed by atoms with Crippen LogP contribution in [-0.4, -0.2) is 29.1 Å². The van der Waals surface area contributed by atoms with Gasteiger partial charge >= 0.3 is 0 Å². The van der Waals surface area contributed by atoms with Gasteiger partial charge in [-0.05, 0) is 66.7 Å². The van der Waals surface area contributed by atoms with Gasteiger partial charge in [0.2, 0.25) is 0 Å². The number of para-hydroxylation sites is 3. The van der Waals surface area contributed by atoms with Crippen molar-refractivity contribution in [3.8, 4) is 11.4 Å². The topological polar surface area (TPSA) is 67.2 Å². The smallest absolute Gasteiger partial charge is 0.117 e. The van der Waals surface area contributed by atoms with E-state index in [1.165, 1.54) is 26.9 Å². The van der Waals surface area contributed by atoms with Crippen molar-refractivity contribution in [2.45, 2.75) is 0 Å². The third-order valence-corrected chi connectivity index (χ3v) is 9.66. The van der Waals surface area contributed by atoms with Crippen LogP contribution < -0.4 is 0 Å². The molecule has 6 aromatic heterocycles. The van der Waals surface area contributed by atoms with E-state index in [0.29, 0.717) is 0 Å². The number of nitrogens with zero attached hydrogens (tertiary/aromatic N) is 4. The van der Waals surface area contributed by atoms with Gasteiger partial charge in [-0.25, -0.2) is 0 Å². The summed E-state index contributed by atoms with van der Waals surface area (Å²) < 4.78 is 4.77. The highest BCUT2D eigenvalue weighted by molar-refractivity contribution is 6.22. The number of aromatic amines is 2. The summed E-state index contributed by atoms with van der Waals surface area (Å²) in [7, 11) is 0. The van der Waals surface area contributed by atoms with Crippen molar-refractivity contribution in [2.24, 2.45) is 0 Å². The number of pyridine rings is 2. The fourth-order valence-electron chi connectivity index (χ4n) is 7.68. The summed E-state index contributed by atoms with van der Waals surface area (Å²) in [4.78, 5) is 17.2. The zero-order valence-electron chi connectivity index (χ0n) is 24.5. The van der Waals surface area contributed by atoms with Crippen LogP contribution in [0.3, 0.4) is 0 Å². The highest BCUT2D eigenvalue weighted by atomic mass is 15.1. The number of nitrogens with one attached hydrogen (secondary N) is 2. The molecule has 5 aromatic carbocycles. The van der Waals surface area contributed by atoms with Gasteiger partial charge in [-0.15, -0.1) is 0 Å². The first kappa shape index (κ1) is 24.0. The van der Waals surface area contributed by atoms with E-state index < -0.39 is 0 Å². The van der Waals surface area contributed by atoms with Gasteiger partial charge in [0.25, 0.3) is 0 Å². The first-order valence-corrected chi connectivity index (χ1v) is 15.5. The number of H-pyrrole nitrogens is 2. The Bertz CT molecular complexity index is 2830. The number of fused-ring (bicyclic) bond motifs is 13. The third kappa shape index (κ3) is 3.05. The molecule has 0 aliphatic rings. The lowest BCUT2D eigenvalue weighted by molar-refractivity contribution is 1.15. The van der Waals surface area contributed by atoms with Gasteiger partial charge < -0.3 is 19.1 Å². The maximum Gasteiger partial charge on any atom is 0.117 e. The molecule has 0 spiro atoms. The van der Waals surface area contributed by atoms with Gasteiger partial charge in [0, 0.05) is 78.2 Å². The standard InChI is InChI=1S/C40H24N6/c1-4-11-31-25(8-1)28-20-23(15-17-33(28)43-31)45-35-13-6-3-10-27(35)30-22-42-38-37-36(14-7-19-41-37)46(40(38)39(30)45)24-16-18-34-29(21-24)26-9-2-5-12-32(26)44-34/h1-22,43-44H. The number of hydrogen-bond acceptors (Lipinski definition) is 2. The molecule has 2 N–H and O–H groups in total. The number of aromatic nitrogens is 6. The molecule has 0 bridgehead atoms. The molecule has 6 heterocycles. The summed E-state index contributed by atoms with van der Waals surface area (Å²) in [5, 5.41) is 7.11. The van der Waals surface area contributed by atoms with Crippen molar-refractivity contribution in [2.75, 3.05) is 0 Å². The number of hydrogen-bond donors (Lipinski definition) is 2. The van der Waals surface area contributed by atoms with Crippen molar-refractivity contribution in [1.29, 1.82) is 0 Å². The molecule has 0 radical (unpaired) electrons. The molecule has 0 unspecified atom stereocenters. The van der Waals surface area contributed by atoms with Gasteiger partial charge in [-0.3, -0.25) is 9.97 Å². The summed E-state index contributed by atoms with van der Waals surface area (Å²) >= 11 is 0. The van der Waals surface area contributed by atoms with Crippen molar-refractivity contribution in [3.63, 3.8) is 0 Å². The predicted octanol–water partition coefficient (Wildman–Crippen LogP) is 9.94. The molecule has 0 saturated carbocycles. The Hall–Kier alpha value is -6.40. The molecule has 214 valence electrons. The first-order chi connectivity index (χ1) is 22.8. The zero-order valence-corrected chi connectivity index (χ0v) is 24.5. The SMILES string of the molecule is c1ccc2c(c1)[nH]c1ccc(-n3c4ccccc4c4cnc5c6ncccc6n(-c6ccc7[nH]c8ccccc8c7c6)c5c43)cc12. The molecule has 0 atom stereocenters. The molecular formula is C40H24N6. The molecule has 11 rings (SSSR count). The van der Waals surface area contributed by atoms with E-state index >= 15 is 0 Å². The van der Waals surface area contributed by atoms with E-state index in [1.807, 2.05) is 18.5 Å². The second-order valence-electron chi connectivity index (χ2n) is 12.1. The van der Waals surface area contributed by atoms with Crippen molar-refractivity contribution < 1.29 is 0 Å². The third-order valence-electron chi connectivity index (χ3n) is 9.66. The van der Waals surface area contributed by atoms with E-state index in [9.17, 15) is 0 Å². The molecule has 0 aliphatic heterocycles. The van der Waals surface area contributed by atoms with Gasteiger partial charge in [0.1, 0.15) is 11.0 Å². The van der Waals surface area contributed by atoms with Crippen LogP contribution in [0, 0.1) is 0 Å². The lowest BCUT2D eigenvalue weighted by Crippen LogP contribution is -1.99. The largest absolute Gasteiger partial charge is 0.355 e. The van der Waals surface area contributed by atoms with Gasteiger partial charge in [0.15, 0.2) is 0 Å². The quantitative estimate of drug-likeness (QED) is 0.211. The molecule has 6 heteroatoms. The van der Waals surface area contributed by atoms with Crippen LogP contribution in [0.4, 0.5) is 0 Å². The minimum atomic E-state index is 0.888. The Morgan fingerprint density at radius 2 is 0.978 bits per heavy atom. The average molecular weight is 589 g/mol. The average Bonchev–Trinajstić information content (AvgIpc) is 3.85. The summed E-state index contributed by atoms with van der Waals surface area (Å²) in [6.45, 7) is 0. The van der Waals surface area contributed by atoms with Crippen LogP contribution in [0.5, 0.6) is 0 Å². The van der Waals surface area contributed by atoms with E-state index in [0.717, 1.165) is 71.9 Å². The second-order valence-corrected chi connectivity index (χ2v) is 12.1. The van der Waals surface area contributed by atoms with E-state index in [-0.39, 0.29) is 0 Å². The summed E-state index contributed by atoms with van der Waals surface area (Å²) in [6.07, 6.45) is 3.89. The molecule has 0 amide bonds. The van der Waals surface area contributed by atoms with E-state index in [1.54, 1.807) is 0 Å². The first-order valence-electron chi connectivity index (χ1n) is 15.5. The molecule has 0 aliphatic carbocycles. The molecule has 0 fully saturated rings. The Morgan fingerprint density at radius 1 is 0.413 bits per heavy atom. The molecule has 11 aromatic rings. The zero-order chi connectivity index (χ0) is 29.9. The van der Waals surface area contributed by atoms with Crippen molar-refractivity contribution >= 4 is 87.5 Å². The minimum absolute atomic E-state index is 0.888. The van der Waals surface area contributed by atoms with Crippen LogP contribution >= 0.6 is 0 Å². The lowest BCUT2D eigenvalue weighted by Gasteiger charge is -2.12. The fraction of sp³-hybridized carbons (Fsp3) is 0. The van der Waals surface area contributed by atoms with Crippen LogP contribution in [0.1, 0.15) is 0 Å². The normalized spacial score (nSPS) is 12.3. The predicted molar refractivity (Wildman–Crippen MR) is 189 cm³/mol. The number of benzene rings is 5. The Labute approximate surface area is 261 Å². The highest BCUT2D eigenvalue weighted by Gasteiger charge is 2.23. The fourth-order valence-corrected chi connectivity index (χ4v) is 7.68. The van der Waals surface area contributed by atoms with Gasteiger partial charge in [0.05, 0.1) is 22.1 Å². The summed E-state index contributed by atoms with van der Waals surface area (Å²) in [5.41, 5.74) is 12.8. The lowest BCUT2D eigenvalue weighted by atomic mass is 10.1. The summed E-state index contributed by atoms with van der Waals surface area (Å²) in [5.74, 6) is 0. The second kappa shape index (κ2) is 8.61. The number of rotatable bonds is 2. The van der Waals surface area contributed by atoms with Gasteiger partial charge in [-0.2, -0.15) is 0 Å². The maximum atomic E-state index is 5.12. The highest BCUT2D eigenvalue weighted by Crippen LogP contribution is 2.41. The van der Waals surface area contributed by atoms with E-state index in [2.05, 4.69) is 134 Å².